The molecule has 0 amide bonds. The van der Waals surface area contributed by atoms with Gasteiger partial charge in [0.1, 0.15) is 11.5 Å². The van der Waals surface area contributed by atoms with E-state index >= 15 is 0 Å². The van der Waals surface area contributed by atoms with E-state index in [0.717, 1.165) is 11.5 Å². The van der Waals surface area contributed by atoms with Crippen molar-refractivity contribution < 1.29 is 4.42 Å². The summed E-state index contributed by atoms with van der Waals surface area (Å²) >= 11 is 9.48. The molecule has 1 aromatic heterocycles. The van der Waals surface area contributed by atoms with E-state index < -0.39 is 0 Å². The van der Waals surface area contributed by atoms with Crippen LogP contribution in [-0.4, -0.2) is 9.98 Å². The summed E-state index contributed by atoms with van der Waals surface area (Å²) in [5.41, 5.74) is 10.7. The van der Waals surface area contributed by atoms with Gasteiger partial charge in [-0.15, -0.1) is 0 Å². The van der Waals surface area contributed by atoms with Crippen molar-refractivity contribution in [3.63, 3.8) is 0 Å². The molecule has 0 atom stereocenters. The largest absolute Gasteiger partial charge is 0.465 e. The zero-order valence-corrected chi connectivity index (χ0v) is 8.58. The summed E-state index contributed by atoms with van der Waals surface area (Å²) in [4.78, 5) is 0.826. The molecule has 0 saturated carbocycles. The molecule has 1 heterocycles. The van der Waals surface area contributed by atoms with Gasteiger partial charge in [-0.25, -0.2) is 0 Å². The number of rotatable bonds is 4. The summed E-state index contributed by atoms with van der Waals surface area (Å²) in [6.07, 6.45) is 0.958. The maximum atomic E-state index is 5.37. The van der Waals surface area contributed by atoms with Crippen LogP contribution >= 0.6 is 24.4 Å². The molecule has 0 bridgehead atoms. The normalized spacial score (nSPS) is 9.85. The van der Waals surface area contributed by atoms with Crippen LogP contribution in [0.2, 0.25) is 0 Å². The van der Waals surface area contributed by atoms with Gasteiger partial charge < -0.3 is 15.9 Å². The molecular weight excluding hydrogens is 204 g/mol. The number of furan rings is 1. The quantitative estimate of drug-likeness (QED) is 0.730. The van der Waals surface area contributed by atoms with Gasteiger partial charge in [0.05, 0.1) is 22.8 Å². The van der Waals surface area contributed by atoms with Crippen LogP contribution < -0.4 is 11.5 Å². The Labute approximate surface area is 87.1 Å². The second-order valence-electron chi connectivity index (χ2n) is 2.65. The molecule has 3 nitrogen and oxygen atoms in total. The van der Waals surface area contributed by atoms with Gasteiger partial charge in [-0.2, -0.15) is 0 Å². The Morgan fingerprint density at radius 3 is 1.77 bits per heavy atom. The summed E-state index contributed by atoms with van der Waals surface area (Å²) in [6.45, 7) is 0. The first-order valence-electron chi connectivity index (χ1n) is 3.72. The number of hydrogen-bond donors (Lipinski definition) is 2. The van der Waals surface area contributed by atoms with Crippen LogP contribution in [0.15, 0.2) is 16.5 Å². The Morgan fingerprint density at radius 1 is 1.08 bits per heavy atom. The molecule has 0 fully saturated rings. The lowest BCUT2D eigenvalue weighted by atomic mass is 10.3. The maximum absolute atomic E-state index is 5.37. The molecule has 70 valence electrons. The highest BCUT2D eigenvalue weighted by atomic mass is 32.1. The first-order valence-corrected chi connectivity index (χ1v) is 4.54. The molecule has 0 radical (unpaired) electrons. The van der Waals surface area contributed by atoms with Crippen molar-refractivity contribution >= 4 is 34.4 Å². The zero-order chi connectivity index (χ0) is 9.84. The van der Waals surface area contributed by atoms with Gasteiger partial charge in [0.25, 0.3) is 0 Å². The lowest BCUT2D eigenvalue weighted by Gasteiger charge is -1.94. The van der Waals surface area contributed by atoms with E-state index in [1.54, 1.807) is 0 Å². The van der Waals surface area contributed by atoms with E-state index in [2.05, 4.69) is 0 Å². The fourth-order valence-corrected chi connectivity index (χ4v) is 1.24. The van der Waals surface area contributed by atoms with Crippen LogP contribution in [0.5, 0.6) is 0 Å². The van der Waals surface area contributed by atoms with Gasteiger partial charge in [-0.3, -0.25) is 0 Å². The van der Waals surface area contributed by atoms with Crippen molar-refractivity contribution in [2.75, 3.05) is 0 Å². The highest BCUT2D eigenvalue weighted by Crippen LogP contribution is 2.09. The average molecular weight is 214 g/mol. The smallest absolute Gasteiger partial charge is 0.110 e. The average Bonchev–Trinajstić information content (AvgIpc) is 2.33. The van der Waals surface area contributed by atoms with E-state index in [1.165, 1.54) is 0 Å². The first kappa shape index (κ1) is 10.1. The van der Waals surface area contributed by atoms with Crippen molar-refractivity contribution in [1.29, 1.82) is 0 Å². The topological polar surface area (TPSA) is 65.2 Å². The second kappa shape index (κ2) is 4.34. The molecule has 0 aromatic carbocycles. The molecule has 13 heavy (non-hydrogen) atoms. The van der Waals surface area contributed by atoms with E-state index in [9.17, 15) is 0 Å². The lowest BCUT2D eigenvalue weighted by molar-refractivity contribution is 0.491. The standard InChI is InChI=1S/C8H10N2OS2/c9-7(12)3-5-1-2-6(11-5)4-8(10)13/h1-2H,3-4H2,(H2,9,12)(H2,10,13). The van der Waals surface area contributed by atoms with Crippen molar-refractivity contribution in [3.05, 3.63) is 23.7 Å². The minimum absolute atomic E-state index is 0.413. The van der Waals surface area contributed by atoms with Crippen LogP contribution in [0.25, 0.3) is 0 Å². The van der Waals surface area contributed by atoms with Crippen LogP contribution in [0, 0.1) is 0 Å². The SMILES string of the molecule is NC(=S)Cc1ccc(CC(N)=S)o1. The first-order chi connectivity index (χ1) is 6.08. The molecular formula is C8H10N2OS2. The maximum Gasteiger partial charge on any atom is 0.110 e. The van der Waals surface area contributed by atoms with Gasteiger partial charge in [0.15, 0.2) is 0 Å². The summed E-state index contributed by atoms with van der Waals surface area (Å²) in [5.74, 6) is 1.50. The molecule has 4 N–H and O–H groups in total. The minimum atomic E-state index is 0.413. The molecule has 0 aliphatic heterocycles. The Morgan fingerprint density at radius 2 is 1.46 bits per heavy atom. The van der Waals surface area contributed by atoms with Crippen LogP contribution in [-0.2, 0) is 12.8 Å². The third-order valence-corrected chi connectivity index (χ3v) is 1.70. The Bertz CT molecular complexity index is 302. The van der Waals surface area contributed by atoms with Crippen LogP contribution in [0.1, 0.15) is 11.5 Å². The van der Waals surface area contributed by atoms with Gasteiger partial charge in [-0.1, -0.05) is 24.4 Å². The highest BCUT2D eigenvalue weighted by Gasteiger charge is 2.03. The lowest BCUT2D eigenvalue weighted by Crippen LogP contribution is -2.11. The van der Waals surface area contributed by atoms with E-state index in [-0.39, 0.29) is 0 Å². The fraction of sp³-hybridized carbons (Fsp3) is 0.250. The van der Waals surface area contributed by atoms with Gasteiger partial charge in [0.2, 0.25) is 0 Å². The number of hydrogen-bond acceptors (Lipinski definition) is 3. The van der Waals surface area contributed by atoms with Crippen molar-refractivity contribution in [2.45, 2.75) is 12.8 Å². The summed E-state index contributed by atoms with van der Waals surface area (Å²) in [5, 5.41) is 0. The van der Waals surface area contributed by atoms with Crippen molar-refractivity contribution in [1.82, 2.24) is 0 Å². The minimum Gasteiger partial charge on any atom is -0.465 e. The van der Waals surface area contributed by atoms with E-state index in [1.807, 2.05) is 12.1 Å². The molecule has 5 heteroatoms. The third kappa shape index (κ3) is 3.52. The summed E-state index contributed by atoms with van der Waals surface area (Å²) in [6, 6.07) is 3.65. The molecule has 0 aliphatic carbocycles. The monoisotopic (exact) mass is 214 g/mol. The second-order valence-corrected chi connectivity index (χ2v) is 3.70. The predicted octanol–water partition coefficient (Wildman–Crippen LogP) is 0.937. The molecule has 1 rings (SSSR count). The van der Waals surface area contributed by atoms with Crippen molar-refractivity contribution in [2.24, 2.45) is 11.5 Å². The molecule has 0 unspecified atom stereocenters. The van der Waals surface area contributed by atoms with Gasteiger partial charge in [-0.05, 0) is 12.1 Å². The Balaban J connectivity index is 2.63. The molecule has 0 aliphatic rings. The molecule has 0 spiro atoms. The highest BCUT2D eigenvalue weighted by molar-refractivity contribution is 7.80. The Hall–Kier alpha value is -0.940. The van der Waals surface area contributed by atoms with E-state index in [0.29, 0.717) is 22.8 Å². The van der Waals surface area contributed by atoms with Crippen LogP contribution in [0.3, 0.4) is 0 Å². The molecule has 0 saturated heterocycles. The number of nitrogens with two attached hydrogens (primary N) is 2. The van der Waals surface area contributed by atoms with Crippen LogP contribution in [0.4, 0.5) is 0 Å². The third-order valence-electron chi connectivity index (χ3n) is 1.41. The summed E-state index contributed by atoms with van der Waals surface area (Å²) in [7, 11) is 0. The fourth-order valence-electron chi connectivity index (χ4n) is 0.956. The van der Waals surface area contributed by atoms with Gasteiger partial charge >= 0.3 is 0 Å². The summed E-state index contributed by atoms with van der Waals surface area (Å²) < 4.78 is 5.37. The predicted molar refractivity (Wildman–Crippen MR) is 59.7 cm³/mol. The molecule has 1 aromatic rings. The van der Waals surface area contributed by atoms with Gasteiger partial charge in [0, 0.05) is 0 Å². The van der Waals surface area contributed by atoms with Crippen molar-refractivity contribution in [3.8, 4) is 0 Å². The zero-order valence-electron chi connectivity index (χ0n) is 6.95. The Kier molecular flexibility index (Phi) is 3.39. The van der Waals surface area contributed by atoms with E-state index in [4.69, 9.17) is 40.3 Å². The number of thiocarbonyl (C=S) groups is 2.